The highest BCUT2D eigenvalue weighted by Crippen LogP contribution is 2.37. The van der Waals surface area contributed by atoms with Gasteiger partial charge in [-0.05, 0) is 36.7 Å². The summed E-state index contributed by atoms with van der Waals surface area (Å²) in [6, 6.07) is 3.92. The summed E-state index contributed by atoms with van der Waals surface area (Å²) in [4.78, 5) is 23.2. The number of ether oxygens (including phenoxy) is 2. The van der Waals surface area contributed by atoms with Gasteiger partial charge < -0.3 is 14.8 Å². The van der Waals surface area contributed by atoms with Crippen LogP contribution in [-0.4, -0.2) is 34.2 Å². The van der Waals surface area contributed by atoms with Crippen LogP contribution >= 0.6 is 34.8 Å². The average molecular weight is 497 g/mol. The molecule has 1 fully saturated rings. The number of anilines is 1. The Labute approximate surface area is 197 Å². The predicted octanol–water partition coefficient (Wildman–Crippen LogP) is 5.90. The number of non-ortho nitro benzene ring substituents is 1. The largest absolute Gasteiger partial charge is 0.495 e. The summed E-state index contributed by atoms with van der Waals surface area (Å²) >= 11 is 18.2. The lowest BCUT2D eigenvalue weighted by Crippen LogP contribution is -2.50. The van der Waals surface area contributed by atoms with Crippen LogP contribution in [0.3, 0.4) is 0 Å². The maximum Gasteiger partial charge on any atom is 0.409 e. The van der Waals surface area contributed by atoms with E-state index in [0.717, 1.165) is 19.3 Å². The molecule has 4 atom stereocenters. The first-order chi connectivity index (χ1) is 14.4. The van der Waals surface area contributed by atoms with Crippen LogP contribution in [0.1, 0.15) is 40.0 Å². The number of nitrogens with one attached hydrogen (secondary N) is 2. The highest BCUT2D eigenvalue weighted by atomic mass is 35.6. The van der Waals surface area contributed by atoms with E-state index in [0.29, 0.717) is 11.8 Å². The van der Waals surface area contributed by atoms with Crippen molar-refractivity contribution in [3.05, 3.63) is 28.3 Å². The maximum absolute atomic E-state index is 12.7. The van der Waals surface area contributed by atoms with Crippen molar-refractivity contribution in [3.8, 4) is 5.75 Å². The fourth-order valence-electron chi connectivity index (χ4n) is 3.82. The Bertz CT molecular complexity index is 788. The molecule has 174 valence electrons. The Hall–Kier alpha value is -1.64. The number of carbonyl (C=O) groups is 1. The number of methoxy groups -OCH3 is 1. The lowest BCUT2D eigenvalue weighted by Gasteiger charge is -2.37. The van der Waals surface area contributed by atoms with Gasteiger partial charge in [-0.25, -0.2) is 4.79 Å². The third-order valence-electron chi connectivity index (χ3n) is 5.50. The third kappa shape index (κ3) is 7.19. The zero-order valence-corrected chi connectivity index (χ0v) is 20.1. The van der Waals surface area contributed by atoms with Crippen molar-refractivity contribution in [3.63, 3.8) is 0 Å². The van der Waals surface area contributed by atoms with Gasteiger partial charge in [-0.1, -0.05) is 62.0 Å². The van der Waals surface area contributed by atoms with Gasteiger partial charge in [-0.15, -0.1) is 0 Å². The Morgan fingerprint density at radius 2 is 1.97 bits per heavy atom. The van der Waals surface area contributed by atoms with Crippen molar-refractivity contribution in [1.82, 2.24) is 5.32 Å². The van der Waals surface area contributed by atoms with Crippen LogP contribution < -0.4 is 15.4 Å². The molecule has 4 unspecified atom stereocenters. The Morgan fingerprint density at radius 3 is 2.52 bits per heavy atom. The van der Waals surface area contributed by atoms with Gasteiger partial charge in [-0.2, -0.15) is 0 Å². The van der Waals surface area contributed by atoms with Crippen molar-refractivity contribution in [1.29, 1.82) is 0 Å². The van der Waals surface area contributed by atoms with E-state index < -0.39 is 21.0 Å². The number of carbonyl (C=O) groups excluding carboxylic acids is 1. The van der Waals surface area contributed by atoms with Crippen molar-refractivity contribution in [2.45, 2.75) is 56.1 Å². The van der Waals surface area contributed by atoms with Crippen LogP contribution in [-0.2, 0) is 4.74 Å². The minimum atomic E-state index is -1.98. The van der Waals surface area contributed by atoms with Crippen LogP contribution in [0.25, 0.3) is 0 Å². The minimum absolute atomic E-state index is 0.180. The molecule has 2 N–H and O–H groups in total. The van der Waals surface area contributed by atoms with E-state index in [9.17, 15) is 14.9 Å². The smallest absolute Gasteiger partial charge is 0.409 e. The molecule has 2 rings (SSSR count). The molecule has 0 aliphatic heterocycles. The van der Waals surface area contributed by atoms with Gasteiger partial charge in [0.15, 0.2) is 6.17 Å². The molecule has 0 radical (unpaired) electrons. The quantitative estimate of drug-likeness (QED) is 0.211. The van der Waals surface area contributed by atoms with Crippen LogP contribution in [0.15, 0.2) is 18.2 Å². The molecule has 1 saturated carbocycles. The SMILES string of the molecule is COc1ccc([N+](=O)[O-])cc1NC(NC(=O)OC1CC(C)CCC1C(C)C)C(Cl)(Cl)Cl. The summed E-state index contributed by atoms with van der Waals surface area (Å²) in [5.41, 5.74) is -0.00965. The second kappa shape index (κ2) is 10.8. The number of nitro groups is 1. The molecule has 1 aromatic carbocycles. The Balaban J connectivity index is 2.18. The number of rotatable bonds is 7. The molecule has 1 aliphatic carbocycles. The van der Waals surface area contributed by atoms with E-state index in [1.54, 1.807) is 0 Å². The first kappa shape index (κ1) is 25.6. The van der Waals surface area contributed by atoms with E-state index in [1.165, 1.54) is 25.3 Å². The normalized spacial score (nSPS) is 22.5. The van der Waals surface area contributed by atoms with Crippen molar-refractivity contribution >= 4 is 52.3 Å². The van der Waals surface area contributed by atoms with Crippen LogP contribution in [0.4, 0.5) is 16.2 Å². The summed E-state index contributed by atoms with van der Waals surface area (Å²) in [5.74, 6) is 1.34. The molecule has 0 spiro atoms. The molecule has 0 bridgehead atoms. The van der Waals surface area contributed by atoms with Crippen LogP contribution in [0.5, 0.6) is 5.75 Å². The zero-order valence-electron chi connectivity index (χ0n) is 17.9. The first-order valence-corrected chi connectivity index (χ1v) is 11.2. The topological polar surface area (TPSA) is 103 Å². The van der Waals surface area contributed by atoms with Crippen molar-refractivity contribution < 1.29 is 19.2 Å². The van der Waals surface area contributed by atoms with Gasteiger partial charge in [0, 0.05) is 12.1 Å². The lowest BCUT2D eigenvalue weighted by atomic mass is 9.75. The number of hydrogen-bond donors (Lipinski definition) is 2. The number of nitrogens with zero attached hydrogens (tertiary/aromatic N) is 1. The summed E-state index contributed by atoms with van der Waals surface area (Å²) in [5, 5.41) is 16.5. The third-order valence-corrected chi connectivity index (χ3v) is 6.16. The van der Waals surface area contributed by atoms with Gasteiger partial charge >= 0.3 is 6.09 Å². The Kier molecular flexibility index (Phi) is 8.92. The molecule has 1 amide bonds. The molecule has 1 aliphatic rings. The van der Waals surface area contributed by atoms with Crippen LogP contribution in [0, 0.1) is 27.9 Å². The van der Waals surface area contributed by atoms with E-state index in [4.69, 9.17) is 44.3 Å². The van der Waals surface area contributed by atoms with Crippen LogP contribution in [0.2, 0.25) is 0 Å². The summed E-state index contributed by atoms with van der Waals surface area (Å²) in [7, 11) is 1.40. The molecule has 0 aromatic heterocycles. The molecule has 0 heterocycles. The van der Waals surface area contributed by atoms with E-state index in [-0.39, 0.29) is 29.1 Å². The van der Waals surface area contributed by atoms with Gasteiger partial charge in [0.1, 0.15) is 11.9 Å². The number of alkyl halides is 3. The summed E-state index contributed by atoms with van der Waals surface area (Å²) in [6.07, 6.45) is 0.619. The fourth-order valence-corrected chi connectivity index (χ4v) is 4.14. The maximum atomic E-state index is 12.7. The monoisotopic (exact) mass is 495 g/mol. The molecule has 31 heavy (non-hydrogen) atoms. The average Bonchev–Trinajstić information content (AvgIpc) is 2.66. The number of hydrogen-bond acceptors (Lipinski definition) is 6. The molecular formula is C20H28Cl3N3O5. The fraction of sp³-hybridized carbons (Fsp3) is 0.650. The van der Waals surface area contributed by atoms with Gasteiger partial charge in [-0.3, -0.25) is 15.4 Å². The van der Waals surface area contributed by atoms with Crippen molar-refractivity contribution in [2.24, 2.45) is 17.8 Å². The molecule has 1 aromatic rings. The molecule has 8 nitrogen and oxygen atoms in total. The number of nitro benzene ring substituents is 1. The molecule has 0 saturated heterocycles. The molecular weight excluding hydrogens is 469 g/mol. The first-order valence-electron chi connectivity index (χ1n) is 10.0. The highest BCUT2D eigenvalue weighted by Gasteiger charge is 2.38. The van der Waals surface area contributed by atoms with E-state index in [1.807, 2.05) is 0 Å². The lowest BCUT2D eigenvalue weighted by molar-refractivity contribution is -0.384. The van der Waals surface area contributed by atoms with Gasteiger partial charge in [0.25, 0.3) is 5.69 Å². The van der Waals surface area contributed by atoms with E-state index in [2.05, 4.69) is 31.4 Å². The minimum Gasteiger partial charge on any atom is -0.495 e. The number of benzene rings is 1. The summed E-state index contributed by atoms with van der Waals surface area (Å²) < 4.78 is 8.95. The highest BCUT2D eigenvalue weighted by molar-refractivity contribution is 6.68. The molecule has 11 heteroatoms. The van der Waals surface area contributed by atoms with E-state index >= 15 is 0 Å². The van der Waals surface area contributed by atoms with Crippen molar-refractivity contribution in [2.75, 3.05) is 12.4 Å². The predicted molar refractivity (Wildman–Crippen MR) is 122 cm³/mol. The van der Waals surface area contributed by atoms with Gasteiger partial charge in [0.05, 0.1) is 17.7 Å². The standard InChI is InChI=1S/C20H28Cl3N3O5/c1-11(2)14-7-5-12(3)9-17(14)31-19(27)25-18(20(21,22)23)24-15-10-13(26(28)29)6-8-16(15)30-4/h6,8,10-12,14,17-18,24H,5,7,9H2,1-4H3,(H,25,27). The second-order valence-corrected chi connectivity index (χ2v) is 10.5. The number of halogens is 3. The summed E-state index contributed by atoms with van der Waals surface area (Å²) in [6.45, 7) is 6.34. The second-order valence-electron chi connectivity index (χ2n) is 8.17. The Morgan fingerprint density at radius 1 is 1.29 bits per heavy atom. The van der Waals surface area contributed by atoms with Gasteiger partial charge in [0.2, 0.25) is 3.79 Å². The number of amides is 1. The number of alkyl carbamates (subject to hydrolysis) is 1. The zero-order chi connectivity index (χ0) is 23.3.